The van der Waals surface area contributed by atoms with Crippen LogP contribution in [0.4, 0.5) is 4.79 Å². The van der Waals surface area contributed by atoms with Crippen LogP contribution in [0, 0.1) is 10.1 Å². The van der Waals surface area contributed by atoms with E-state index in [2.05, 4.69) is 15.0 Å². The lowest BCUT2D eigenvalue weighted by atomic mass is 10.5. The van der Waals surface area contributed by atoms with E-state index in [0.29, 0.717) is 5.01 Å². The van der Waals surface area contributed by atoms with Gasteiger partial charge in [0, 0.05) is 20.7 Å². The van der Waals surface area contributed by atoms with Gasteiger partial charge in [0.05, 0.1) is 18.6 Å². The number of nitrogens with zero attached hydrogens (tertiary/aromatic N) is 4. The summed E-state index contributed by atoms with van der Waals surface area (Å²) in [5.74, 6) is -1.14. The SMILES string of the molecule is COCCNC(=O)C1=NC([N+](=O)[O-])N(C)N1C(=O)OC. The Hall–Kier alpha value is -2.27. The van der Waals surface area contributed by atoms with E-state index in [-0.39, 0.29) is 13.2 Å². The zero-order chi connectivity index (χ0) is 15.3. The average Bonchev–Trinajstić information content (AvgIpc) is 2.76. The first-order chi connectivity index (χ1) is 9.43. The van der Waals surface area contributed by atoms with E-state index in [1.807, 2.05) is 0 Å². The number of hydrazine groups is 1. The van der Waals surface area contributed by atoms with Crippen molar-refractivity contribution in [3.63, 3.8) is 0 Å². The highest BCUT2D eigenvalue weighted by Crippen LogP contribution is 2.16. The summed E-state index contributed by atoms with van der Waals surface area (Å²) >= 11 is 0. The number of methoxy groups -OCH3 is 2. The predicted molar refractivity (Wildman–Crippen MR) is 65.1 cm³/mol. The molecule has 0 aromatic rings. The van der Waals surface area contributed by atoms with Gasteiger partial charge in [-0.25, -0.2) is 4.79 Å². The molecule has 0 aromatic heterocycles. The summed E-state index contributed by atoms with van der Waals surface area (Å²) in [5.41, 5.74) is 0. The maximum absolute atomic E-state index is 11.9. The van der Waals surface area contributed by atoms with E-state index < -0.39 is 29.0 Å². The van der Waals surface area contributed by atoms with Crippen LogP contribution >= 0.6 is 0 Å². The Morgan fingerprint density at radius 2 is 2.15 bits per heavy atom. The van der Waals surface area contributed by atoms with E-state index in [0.717, 1.165) is 12.1 Å². The first kappa shape index (κ1) is 15.8. The average molecular weight is 289 g/mol. The number of amides is 2. The molecule has 1 rings (SSSR count). The lowest BCUT2D eigenvalue weighted by Crippen LogP contribution is -2.51. The fraction of sp³-hybridized carbons (Fsp3) is 0.667. The number of amidine groups is 1. The third-order valence-corrected chi connectivity index (χ3v) is 2.42. The molecule has 1 unspecified atom stereocenters. The van der Waals surface area contributed by atoms with Crippen LogP contribution in [0.3, 0.4) is 0 Å². The maximum Gasteiger partial charge on any atom is 0.430 e. The van der Waals surface area contributed by atoms with Gasteiger partial charge in [0.15, 0.2) is 0 Å². The van der Waals surface area contributed by atoms with Crippen LogP contribution in [-0.2, 0) is 14.3 Å². The van der Waals surface area contributed by atoms with Crippen LogP contribution < -0.4 is 5.32 Å². The van der Waals surface area contributed by atoms with E-state index in [9.17, 15) is 19.7 Å². The molecule has 1 heterocycles. The molecule has 0 aliphatic carbocycles. The van der Waals surface area contributed by atoms with Crippen LogP contribution in [0.25, 0.3) is 0 Å². The van der Waals surface area contributed by atoms with Crippen molar-refractivity contribution in [3.8, 4) is 0 Å². The molecular weight excluding hydrogens is 274 g/mol. The summed E-state index contributed by atoms with van der Waals surface area (Å²) in [7, 11) is 3.80. The minimum absolute atomic E-state index is 0.177. The molecule has 1 N–H and O–H groups in total. The Morgan fingerprint density at radius 3 is 2.65 bits per heavy atom. The topological polar surface area (TPSA) is 127 Å². The van der Waals surface area contributed by atoms with Crippen LogP contribution in [0.5, 0.6) is 0 Å². The molecule has 0 saturated carbocycles. The number of ether oxygens (including phenoxy) is 2. The normalized spacial score (nSPS) is 18.6. The van der Waals surface area contributed by atoms with E-state index in [1.54, 1.807) is 0 Å². The van der Waals surface area contributed by atoms with Gasteiger partial charge in [0.25, 0.3) is 5.91 Å². The molecule has 1 atom stereocenters. The first-order valence-electron chi connectivity index (χ1n) is 5.53. The quantitative estimate of drug-likeness (QED) is 0.376. The smallest absolute Gasteiger partial charge is 0.430 e. The Balaban J connectivity index is 2.92. The summed E-state index contributed by atoms with van der Waals surface area (Å²) in [5, 5.41) is 14.8. The van der Waals surface area contributed by atoms with Crippen molar-refractivity contribution in [3.05, 3.63) is 10.1 Å². The highest BCUT2D eigenvalue weighted by molar-refractivity contribution is 6.40. The van der Waals surface area contributed by atoms with Gasteiger partial charge >= 0.3 is 12.4 Å². The third kappa shape index (κ3) is 3.19. The van der Waals surface area contributed by atoms with Crippen molar-refractivity contribution < 1.29 is 24.0 Å². The molecular formula is C9H15N5O6. The molecule has 0 radical (unpaired) electrons. The summed E-state index contributed by atoms with van der Waals surface area (Å²) in [6, 6.07) is 0. The van der Waals surface area contributed by atoms with Crippen LogP contribution in [0.15, 0.2) is 4.99 Å². The number of rotatable bonds is 5. The van der Waals surface area contributed by atoms with Crippen molar-refractivity contribution in [2.45, 2.75) is 6.29 Å². The summed E-state index contributed by atoms with van der Waals surface area (Å²) in [4.78, 5) is 37.2. The molecule has 0 bridgehead atoms. The summed E-state index contributed by atoms with van der Waals surface area (Å²) in [6.07, 6.45) is -2.50. The number of hydrogen-bond donors (Lipinski definition) is 1. The fourth-order valence-corrected chi connectivity index (χ4v) is 1.49. The molecule has 1 aliphatic heterocycles. The summed E-state index contributed by atoms with van der Waals surface area (Å²) < 4.78 is 9.23. The fourth-order valence-electron chi connectivity index (χ4n) is 1.49. The minimum Gasteiger partial charge on any atom is -0.451 e. The van der Waals surface area contributed by atoms with E-state index in [4.69, 9.17) is 4.74 Å². The molecule has 11 nitrogen and oxygen atoms in total. The lowest BCUT2D eigenvalue weighted by Gasteiger charge is -2.22. The van der Waals surface area contributed by atoms with Gasteiger partial charge < -0.3 is 14.8 Å². The minimum atomic E-state index is -1.56. The number of nitrogens with one attached hydrogen (secondary N) is 1. The number of carbonyl (C=O) groups is 2. The predicted octanol–water partition coefficient (Wildman–Crippen LogP) is -1.36. The zero-order valence-corrected chi connectivity index (χ0v) is 11.2. The molecule has 1 aliphatic rings. The van der Waals surface area contributed by atoms with Gasteiger partial charge in [-0.3, -0.25) is 14.9 Å². The van der Waals surface area contributed by atoms with E-state index >= 15 is 0 Å². The van der Waals surface area contributed by atoms with Crippen LogP contribution in [0.1, 0.15) is 0 Å². The van der Waals surface area contributed by atoms with Crippen LogP contribution in [0.2, 0.25) is 0 Å². The third-order valence-electron chi connectivity index (χ3n) is 2.42. The summed E-state index contributed by atoms with van der Waals surface area (Å²) in [6.45, 7) is 0.432. The van der Waals surface area contributed by atoms with E-state index in [1.165, 1.54) is 14.2 Å². The molecule has 0 aromatic carbocycles. The van der Waals surface area contributed by atoms with Gasteiger partial charge in [-0.15, -0.1) is 5.01 Å². The van der Waals surface area contributed by atoms with Crippen molar-refractivity contribution in [2.24, 2.45) is 4.99 Å². The molecule has 2 amide bonds. The second-order valence-electron chi connectivity index (χ2n) is 3.69. The standard InChI is InChI=1S/C9H15N5O6/c1-12-8(14(17)18)11-6(13(12)9(16)20-3)7(15)10-4-5-19-2/h8H,4-5H2,1-3H3,(H,10,15). The van der Waals surface area contributed by atoms with Gasteiger partial charge in [-0.05, 0) is 0 Å². The van der Waals surface area contributed by atoms with Crippen molar-refractivity contribution in [1.82, 2.24) is 15.3 Å². The number of hydrogen-bond acceptors (Lipinski definition) is 8. The highest BCUT2D eigenvalue weighted by atomic mass is 16.6. The number of nitro groups is 1. The van der Waals surface area contributed by atoms with Gasteiger partial charge in [-0.2, -0.15) is 10.0 Å². The monoisotopic (exact) mass is 289 g/mol. The molecule has 11 heteroatoms. The maximum atomic E-state index is 11.9. The lowest BCUT2D eigenvalue weighted by molar-refractivity contribution is -0.551. The molecule has 0 fully saturated rings. The molecule has 0 saturated heterocycles. The number of aliphatic imine (C=N–C) groups is 1. The highest BCUT2D eigenvalue weighted by Gasteiger charge is 2.45. The van der Waals surface area contributed by atoms with Crippen molar-refractivity contribution in [2.75, 3.05) is 34.4 Å². The van der Waals surface area contributed by atoms with Gasteiger partial charge in [0.1, 0.15) is 0 Å². The molecule has 112 valence electrons. The second-order valence-corrected chi connectivity index (χ2v) is 3.69. The Bertz CT molecular complexity index is 439. The van der Waals surface area contributed by atoms with Gasteiger partial charge in [0.2, 0.25) is 5.84 Å². The number of carbonyl (C=O) groups excluding carboxylic acids is 2. The zero-order valence-electron chi connectivity index (χ0n) is 11.2. The largest absolute Gasteiger partial charge is 0.451 e. The second kappa shape index (κ2) is 6.77. The Morgan fingerprint density at radius 1 is 1.50 bits per heavy atom. The Kier molecular flexibility index (Phi) is 5.34. The van der Waals surface area contributed by atoms with Crippen LogP contribution in [-0.4, -0.2) is 73.5 Å². The first-order valence-corrected chi connectivity index (χ1v) is 5.53. The Labute approximate surface area is 114 Å². The molecule has 0 spiro atoms. The van der Waals surface area contributed by atoms with Gasteiger partial charge in [-0.1, -0.05) is 0 Å². The van der Waals surface area contributed by atoms with Crippen molar-refractivity contribution in [1.29, 1.82) is 0 Å². The van der Waals surface area contributed by atoms with Crippen molar-refractivity contribution >= 4 is 17.8 Å². The molecule has 20 heavy (non-hydrogen) atoms.